The molecule has 1 fully saturated rings. The number of hydrogen-bond donors (Lipinski definition) is 2. The van der Waals surface area contributed by atoms with Crippen molar-refractivity contribution in [3.63, 3.8) is 0 Å². The number of nitrogens with zero attached hydrogens (tertiary/aromatic N) is 1. The number of aliphatic hydroxyl groups excluding tert-OH is 1. The zero-order valence-electron chi connectivity index (χ0n) is 11.6. The average molecular weight is 256 g/mol. The van der Waals surface area contributed by atoms with Crippen LogP contribution in [0.5, 0.6) is 0 Å². The summed E-state index contributed by atoms with van der Waals surface area (Å²) in [5.41, 5.74) is 5.49. The Morgan fingerprint density at radius 1 is 1.39 bits per heavy atom. The van der Waals surface area contributed by atoms with Crippen LogP contribution in [-0.4, -0.2) is 41.7 Å². The van der Waals surface area contributed by atoms with Gasteiger partial charge in [-0.15, -0.1) is 0 Å². The van der Waals surface area contributed by atoms with Crippen molar-refractivity contribution in [1.29, 1.82) is 0 Å². The molecule has 1 saturated carbocycles. The first-order valence-electron chi connectivity index (χ1n) is 7.32. The Kier molecular flexibility index (Phi) is 7.28. The molecule has 0 saturated heterocycles. The molecule has 3 N–H and O–H groups in total. The van der Waals surface area contributed by atoms with Gasteiger partial charge in [-0.3, -0.25) is 4.79 Å². The standard InChI is InChI=1S/C14H28N2O2/c1-12(6-5-9-15)14(18)16(10-11-17)13-7-3-2-4-8-13/h12-13,17H,2-11,15H2,1H3. The van der Waals surface area contributed by atoms with Gasteiger partial charge in [-0.2, -0.15) is 0 Å². The van der Waals surface area contributed by atoms with Gasteiger partial charge < -0.3 is 15.7 Å². The van der Waals surface area contributed by atoms with Crippen LogP contribution in [0.25, 0.3) is 0 Å². The summed E-state index contributed by atoms with van der Waals surface area (Å²) in [5.74, 6) is 0.228. The SMILES string of the molecule is CC(CCCN)C(=O)N(CCO)C1CCCCC1. The molecular formula is C14H28N2O2. The fourth-order valence-electron chi connectivity index (χ4n) is 2.80. The lowest BCUT2D eigenvalue weighted by molar-refractivity contribution is -0.139. The minimum atomic E-state index is 0.0297. The van der Waals surface area contributed by atoms with Crippen molar-refractivity contribution in [3.8, 4) is 0 Å². The summed E-state index contributed by atoms with van der Waals surface area (Å²) in [7, 11) is 0. The number of aliphatic hydroxyl groups is 1. The molecule has 0 aromatic heterocycles. The predicted octanol–water partition coefficient (Wildman–Crippen LogP) is 1.51. The maximum Gasteiger partial charge on any atom is 0.225 e. The van der Waals surface area contributed by atoms with Gasteiger partial charge in [-0.05, 0) is 32.2 Å². The van der Waals surface area contributed by atoms with Crippen molar-refractivity contribution in [2.75, 3.05) is 19.7 Å². The zero-order valence-corrected chi connectivity index (χ0v) is 11.6. The fraction of sp³-hybridized carbons (Fsp3) is 0.929. The van der Waals surface area contributed by atoms with E-state index in [2.05, 4.69) is 0 Å². The largest absolute Gasteiger partial charge is 0.395 e. The summed E-state index contributed by atoms with van der Waals surface area (Å²) < 4.78 is 0. The second kappa shape index (κ2) is 8.48. The minimum absolute atomic E-state index is 0.0297. The maximum atomic E-state index is 12.4. The van der Waals surface area contributed by atoms with Crippen molar-refractivity contribution in [2.45, 2.75) is 57.9 Å². The van der Waals surface area contributed by atoms with Crippen molar-refractivity contribution in [3.05, 3.63) is 0 Å². The minimum Gasteiger partial charge on any atom is -0.395 e. The van der Waals surface area contributed by atoms with Crippen molar-refractivity contribution in [2.24, 2.45) is 11.7 Å². The first-order chi connectivity index (χ1) is 8.70. The first kappa shape index (κ1) is 15.4. The van der Waals surface area contributed by atoms with E-state index in [1.165, 1.54) is 19.3 Å². The number of rotatable bonds is 7. The number of amides is 1. The molecule has 4 nitrogen and oxygen atoms in total. The summed E-state index contributed by atoms with van der Waals surface area (Å²) in [6.07, 6.45) is 7.62. The monoisotopic (exact) mass is 256 g/mol. The van der Waals surface area contributed by atoms with Crippen molar-refractivity contribution in [1.82, 2.24) is 4.90 Å². The third-order valence-corrected chi connectivity index (χ3v) is 3.90. The number of carbonyl (C=O) groups is 1. The van der Waals surface area contributed by atoms with E-state index < -0.39 is 0 Å². The second-order valence-corrected chi connectivity index (χ2v) is 5.38. The Labute approximate surface area is 111 Å². The number of nitrogens with two attached hydrogens (primary N) is 1. The highest BCUT2D eigenvalue weighted by molar-refractivity contribution is 5.78. The maximum absolute atomic E-state index is 12.4. The van der Waals surface area contributed by atoms with Crippen LogP contribution in [-0.2, 0) is 4.79 Å². The molecule has 1 amide bonds. The van der Waals surface area contributed by atoms with Gasteiger partial charge in [0.15, 0.2) is 0 Å². The number of hydrogen-bond acceptors (Lipinski definition) is 3. The van der Waals surface area contributed by atoms with Gasteiger partial charge in [0.25, 0.3) is 0 Å². The quantitative estimate of drug-likeness (QED) is 0.725. The second-order valence-electron chi connectivity index (χ2n) is 5.38. The van der Waals surface area contributed by atoms with Crippen LogP contribution in [0, 0.1) is 5.92 Å². The van der Waals surface area contributed by atoms with E-state index in [1.54, 1.807) is 0 Å². The molecule has 106 valence electrons. The van der Waals surface area contributed by atoms with Gasteiger partial charge >= 0.3 is 0 Å². The highest BCUT2D eigenvalue weighted by atomic mass is 16.3. The van der Waals surface area contributed by atoms with Gasteiger partial charge in [-0.1, -0.05) is 26.2 Å². The zero-order chi connectivity index (χ0) is 13.4. The van der Waals surface area contributed by atoms with Crippen LogP contribution in [0.1, 0.15) is 51.9 Å². The average Bonchev–Trinajstić information content (AvgIpc) is 2.42. The third-order valence-electron chi connectivity index (χ3n) is 3.90. The predicted molar refractivity (Wildman–Crippen MR) is 73.1 cm³/mol. The van der Waals surface area contributed by atoms with Crippen LogP contribution >= 0.6 is 0 Å². The fourth-order valence-corrected chi connectivity index (χ4v) is 2.80. The summed E-state index contributed by atoms with van der Waals surface area (Å²) in [4.78, 5) is 14.3. The Morgan fingerprint density at radius 3 is 2.61 bits per heavy atom. The van der Waals surface area contributed by atoms with E-state index in [4.69, 9.17) is 10.8 Å². The van der Waals surface area contributed by atoms with Crippen LogP contribution in [0.15, 0.2) is 0 Å². The van der Waals surface area contributed by atoms with Gasteiger partial charge in [-0.25, -0.2) is 0 Å². The molecule has 0 radical (unpaired) electrons. The molecule has 0 aromatic carbocycles. The molecule has 1 atom stereocenters. The van der Waals surface area contributed by atoms with Crippen LogP contribution in [0.3, 0.4) is 0 Å². The molecule has 1 aliphatic rings. The molecule has 0 spiro atoms. The highest BCUT2D eigenvalue weighted by Crippen LogP contribution is 2.24. The topological polar surface area (TPSA) is 66.6 Å². The Balaban J connectivity index is 2.55. The molecule has 0 aromatic rings. The van der Waals surface area contributed by atoms with Gasteiger partial charge in [0.05, 0.1) is 6.61 Å². The first-order valence-corrected chi connectivity index (χ1v) is 7.32. The van der Waals surface area contributed by atoms with E-state index in [0.717, 1.165) is 25.7 Å². The molecular weight excluding hydrogens is 228 g/mol. The lowest BCUT2D eigenvalue weighted by Gasteiger charge is -2.35. The molecule has 0 heterocycles. The third kappa shape index (κ3) is 4.58. The molecule has 18 heavy (non-hydrogen) atoms. The van der Waals surface area contributed by atoms with Gasteiger partial charge in [0.2, 0.25) is 5.91 Å². The molecule has 1 rings (SSSR count). The summed E-state index contributed by atoms with van der Waals surface area (Å²) in [6, 6.07) is 0.346. The van der Waals surface area contributed by atoms with E-state index in [0.29, 0.717) is 19.1 Å². The normalized spacial score (nSPS) is 18.6. The van der Waals surface area contributed by atoms with Gasteiger partial charge in [0, 0.05) is 18.5 Å². The van der Waals surface area contributed by atoms with Crippen molar-refractivity contribution >= 4 is 5.91 Å². The molecule has 1 aliphatic carbocycles. The van der Waals surface area contributed by atoms with E-state index in [-0.39, 0.29) is 18.4 Å². The van der Waals surface area contributed by atoms with E-state index in [9.17, 15) is 4.79 Å². The summed E-state index contributed by atoms with van der Waals surface area (Å²) >= 11 is 0. The molecule has 0 bridgehead atoms. The summed E-state index contributed by atoms with van der Waals surface area (Å²) in [6.45, 7) is 3.16. The van der Waals surface area contributed by atoms with E-state index >= 15 is 0 Å². The van der Waals surface area contributed by atoms with Crippen LogP contribution in [0.2, 0.25) is 0 Å². The smallest absolute Gasteiger partial charge is 0.225 e. The number of carbonyl (C=O) groups excluding carboxylic acids is 1. The Bertz CT molecular complexity index is 240. The van der Waals surface area contributed by atoms with Crippen LogP contribution in [0.4, 0.5) is 0 Å². The molecule has 4 heteroatoms. The van der Waals surface area contributed by atoms with E-state index in [1.807, 2.05) is 11.8 Å². The highest BCUT2D eigenvalue weighted by Gasteiger charge is 2.27. The Morgan fingerprint density at radius 2 is 2.06 bits per heavy atom. The van der Waals surface area contributed by atoms with Crippen molar-refractivity contribution < 1.29 is 9.90 Å². The lowest BCUT2D eigenvalue weighted by Crippen LogP contribution is -2.45. The summed E-state index contributed by atoms with van der Waals surface area (Å²) in [5, 5.41) is 9.16. The molecule has 1 unspecified atom stereocenters. The molecule has 0 aliphatic heterocycles. The van der Waals surface area contributed by atoms with Gasteiger partial charge in [0.1, 0.15) is 0 Å². The van der Waals surface area contributed by atoms with Crippen LogP contribution < -0.4 is 5.73 Å². The lowest BCUT2D eigenvalue weighted by atomic mass is 9.92. The Hall–Kier alpha value is -0.610.